The number of alkyl halides is 1. The molecule has 0 saturated heterocycles. The summed E-state index contributed by atoms with van der Waals surface area (Å²) < 4.78 is 5.50. The van der Waals surface area contributed by atoms with Crippen LogP contribution in [0.25, 0.3) is 0 Å². The predicted molar refractivity (Wildman–Crippen MR) is 95.2 cm³/mol. The molecule has 0 atom stereocenters. The van der Waals surface area contributed by atoms with E-state index in [4.69, 9.17) is 26.7 Å². The van der Waals surface area contributed by atoms with E-state index < -0.39 is 24.0 Å². The number of carboxylic acids is 1. The number of ketones is 2. The van der Waals surface area contributed by atoms with Crippen LogP contribution in [0.2, 0.25) is 0 Å². The molecule has 0 unspecified atom stereocenters. The maximum Gasteiger partial charge on any atom is 0.372 e. The Hall–Kier alpha value is -2.83. The fourth-order valence-electron chi connectivity index (χ4n) is 1.92. The van der Waals surface area contributed by atoms with Crippen LogP contribution >= 0.6 is 11.6 Å². The maximum atomic E-state index is 12.3. The van der Waals surface area contributed by atoms with Crippen LogP contribution in [0.3, 0.4) is 0 Å². The molecule has 1 aromatic carbocycles. The van der Waals surface area contributed by atoms with E-state index in [0.717, 1.165) is 6.42 Å². The molecule has 0 fully saturated rings. The minimum atomic E-state index is -1.66. The van der Waals surface area contributed by atoms with Gasteiger partial charge < -0.3 is 9.84 Å². The first-order valence-electron chi connectivity index (χ1n) is 7.97. The Kier molecular flexibility index (Phi) is 9.53. The van der Waals surface area contributed by atoms with Crippen molar-refractivity contribution >= 4 is 29.1 Å². The van der Waals surface area contributed by atoms with Gasteiger partial charge in [0.1, 0.15) is 5.75 Å². The van der Waals surface area contributed by atoms with Gasteiger partial charge in [-0.2, -0.15) is 5.26 Å². The van der Waals surface area contributed by atoms with Crippen LogP contribution in [0.15, 0.2) is 18.2 Å². The van der Waals surface area contributed by atoms with E-state index in [2.05, 4.69) is 11.8 Å². The number of hydrogen-bond donors (Lipinski definition) is 1. The van der Waals surface area contributed by atoms with E-state index in [9.17, 15) is 14.4 Å². The van der Waals surface area contributed by atoms with Crippen molar-refractivity contribution in [2.75, 3.05) is 12.5 Å². The molecule has 0 aliphatic heterocycles. The van der Waals surface area contributed by atoms with Crippen molar-refractivity contribution in [3.63, 3.8) is 0 Å². The summed E-state index contributed by atoms with van der Waals surface area (Å²) in [5.41, 5.74) is 0.649. The summed E-state index contributed by atoms with van der Waals surface area (Å²) in [5.74, 6) is 3.05. The Morgan fingerprint density at radius 3 is 2.62 bits per heavy atom. The van der Waals surface area contributed by atoms with Gasteiger partial charge in [0, 0.05) is 24.3 Å². The van der Waals surface area contributed by atoms with Crippen LogP contribution < -0.4 is 4.74 Å². The van der Waals surface area contributed by atoms with Crippen molar-refractivity contribution in [3.05, 3.63) is 29.3 Å². The summed E-state index contributed by atoms with van der Waals surface area (Å²) >= 11 is 5.59. The molecule has 1 aromatic rings. The highest BCUT2D eigenvalue weighted by molar-refractivity contribution is 6.37. The van der Waals surface area contributed by atoms with Crippen molar-refractivity contribution in [2.45, 2.75) is 32.1 Å². The number of carbonyl (C=O) groups excluding carboxylic acids is 2. The van der Waals surface area contributed by atoms with E-state index >= 15 is 0 Å². The molecular formula is C19H18ClNO5. The highest BCUT2D eigenvalue weighted by Crippen LogP contribution is 2.22. The predicted octanol–water partition coefficient (Wildman–Crippen LogP) is 2.97. The molecule has 0 spiro atoms. The Morgan fingerprint density at radius 1 is 1.19 bits per heavy atom. The summed E-state index contributed by atoms with van der Waals surface area (Å²) in [6.07, 6.45) is 1.39. The molecule has 0 aliphatic carbocycles. The monoisotopic (exact) mass is 375 g/mol. The van der Waals surface area contributed by atoms with E-state index in [1.165, 1.54) is 6.07 Å². The Balaban J connectivity index is 3.02. The number of nitrogens with zero attached hydrogens (tertiary/aromatic N) is 1. The van der Waals surface area contributed by atoms with E-state index in [0.29, 0.717) is 30.7 Å². The van der Waals surface area contributed by atoms with Crippen molar-refractivity contribution < 1.29 is 24.2 Å². The summed E-state index contributed by atoms with van der Waals surface area (Å²) in [4.78, 5) is 34.3. The van der Waals surface area contributed by atoms with Gasteiger partial charge in [0.25, 0.3) is 0 Å². The van der Waals surface area contributed by atoms with Gasteiger partial charge >= 0.3 is 5.97 Å². The number of rotatable bonds is 10. The number of hydrogen-bond acceptors (Lipinski definition) is 5. The lowest BCUT2D eigenvalue weighted by molar-refractivity contribution is -0.148. The largest absolute Gasteiger partial charge is 0.493 e. The Labute approximate surface area is 156 Å². The molecule has 136 valence electrons. The van der Waals surface area contributed by atoms with Crippen LogP contribution in [-0.4, -0.2) is 35.1 Å². The summed E-state index contributed by atoms with van der Waals surface area (Å²) in [6.45, 7) is 0.224. The van der Waals surface area contributed by atoms with Gasteiger partial charge in [-0.25, -0.2) is 4.79 Å². The van der Waals surface area contributed by atoms with Crippen molar-refractivity contribution in [1.29, 1.82) is 5.26 Å². The van der Waals surface area contributed by atoms with Crippen LogP contribution in [0, 0.1) is 23.2 Å². The van der Waals surface area contributed by atoms with E-state index in [1.807, 2.05) is 6.07 Å². The van der Waals surface area contributed by atoms with Gasteiger partial charge in [-0.05, 0) is 31.0 Å². The second kappa shape index (κ2) is 11.7. The molecule has 0 bridgehead atoms. The van der Waals surface area contributed by atoms with Crippen LogP contribution in [0.5, 0.6) is 5.75 Å². The minimum absolute atomic E-state index is 0.0979. The van der Waals surface area contributed by atoms with Gasteiger partial charge in [0.15, 0.2) is 5.78 Å². The third kappa shape index (κ3) is 7.38. The highest BCUT2D eigenvalue weighted by atomic mass is 35.5. The molecule has 0 heterocycles. The second-order valence-corrected chi connectivity index (χ2v) is 5.62. The molecule has 6 nitrogen and oxygen atoms in total. The molecule has 1 N–H and O–H groups in total. The summed E-state index contributed by atoms with van der Waals surface area (Å²) in [6, 6.07) is 6.69. The number of Topliss-reactive ketones (excluding diaryl/α,β-unsaturated/α-hetero) is 2. The third-order valence-electron chi connectivity index (χ3n) is 3.20. The number of benzene rings is 1. The SMILES string of the molecule is N#CCCCOc1ccc(C#CCCCCl)cc1C(=O)CC(=O)C(=O)O. The zero-order valence-corrected chi connectivity index (χ0v) is 14.8. The Morgan fingerprint density at radius 2 is 1.96 bits per heavy atom. The number of ether oxygens (including phenoxy) is 1. The minimum Gasteiger partial charge on any atom is -0.493 e. The van der Waals surface area contributed by atoms with Crippen molar-refractivity contribution in [1.82, 2.24) is 0 Å². The van der Waals surface area contributed by atoms with Gasteiger partial charge in [-0.15, -0.1) is 11.6 Å². The fourth-order valence-corrected chi connectivity index (χ4v) is 2.05. The van der Waals surface area contributed by atoms with Crippen LogP contribution in [0.1, 0.15) is 48.0 Å². The fraction of sp³-hybridized carbons (Fsp3) is 0.368. The van der Waals surface area contributed by atoms with Gasteiger partial charge in [-0.3, -0.25) is 9.59 Å². The molecular weight excluding hydrogens is 358 g/mol. The number of carboxylic acid groups (broad SMARTS) is 1. The van der Waals surface area contributed by atoms with E-state index in [1.54, 1.807) is 12.1 Å². The highest BCUT2D eigenvalue weighted by Gasteiger charge is 2.21. The molecule has 0 aromatic heterocycles. The summed E-state index contributed by atoms with van der Waals surface area (Å²) in [5, 5.41) is 17.2. The lowest BCUT2D eigenvalue weighted by atomic mass is 10.0. The zero-order valence-electron chi connectivity index (χ0n) is 14.1. The van der Waals surface area contributed by atoms with Gasteiger partial charge in [-0.1, -0.05) is 11.8 Å². The number of carbonyl (C=O) groups is 3. The first kappa shape index (κ1) is 21.2. The first-order chi connectivity index (χ1) is 12.5. The van der Waals surface area contributed by atoms with Gasteiger partial charge in [0.2, 0.25) is 5.78 Å². The topological polar surface area (TPSA) is 104 Å². The number of unbranched alkanes of at least 4 members (excludes halogenated alkanes) is 2. The average molecular weight is 376 g/mol. The summed E-state index contributed by atoms with van der Waals surface area (Å²) in [7, 11) is 0. The molecule has 26 heavy (non-hydrogen) atoms. The maximum absolute atomic E-state index is 12.3. The lowest BCUT2D eigenvalue weighted by Gasteiger charge is -2.10. The molecule has 7 heteroatoms. The molecule has 0 amide bonds. The van der Waals surface area contributed by atoms with E-state index in [-0.39, 0.29) is 17.9 Å². The van der Waals surface area contributed by atoms with Gasteiger partial charge in [0.05, 0.1) is 24.7 Å². The van der Waals surface area contributed by atoms with Crippen LogP contribution in [-0.2, 0) is 9.59 Å². The number of aliphatic carboxylic acids is 1. The standard InChI is InChI=1S/C19H18ClNO5/c20-9-3-1-2-6-14-7-8-18(26-11-5-4-10-21)15(12-14)16(22)13-17(23)19(24)25/h7-8,12H,1,3-5,9,11,13H2,(H,24,25). The number of nitriles is 1. The zero-order chi connectivity index (χ0) is 19.4. The normalized spacial score (nSPS) is 9.54. The Bertz CT molecular complexity index is 770. The second-order valence-electron chi connectivity index (χ2n) is 5.24. The first-order valence-corrected chi connectivity index (χ1v) is 8.51. The lowest BCUT2D eigenvalue weighted by Crippen LogP contribution is -2.18. The smallest absolute Gasteiger partial charge is 0.372 e. The van der Waals surface area contributed by atoms with Crippen molar-refractivity contribution in [2.24, 2.45) is 0 Å². The molecule has 1 rings (SSSR count). The molecule has 0 radical (unpaired) electrons. The molecule has 0 aliphatic rings. The van der Waals surface area contributed by atoms with Crippen molar-refractivity contribution in [3.8, 4) is 23.7 Å². The van der Waals surface area contributed by atoms with Crippen LogP contribution in [0.4, 0.5) is 0 Å². The average Bonchev–Trinajstić information content (AvgIpc) is 2.62. The third-order valence-corrected chi connectivity index (χ3v) is 3.47. The molecule has 0 saturated carbocycles. The quantitative estimate of drug-likeness (QED) is 0.168. The number of halogens is 1.